The van der Waals surface area contributed by atoms with E-state index in [-0.39, 0.29) is 6.23 Å². The van der Waals surface area contributed by atoms with Gasteiger partial charge >= 0.3 is 6.09 Å². The second-order valence-electron chi connectivity index (χ2n) is 4.75. The van der Waals surface area contributed by atoms with E-state index in [2.05, 4.69) is 0 Å². The average Bonchev–Trinajstić information content (AvgIpc) is 2.90. The van der Waals surface area contributed by atoms with E-state index >= 15 is 0 Å². The van der Waals surface area contributed by atoms with Crippen LogP contribution in [0.15, 0.2) is 30.3 Å². The van der Waals surface area contributed by atoms with E-state index in [9.17, 15) is 4.79 Å². The predicted molar refractivity (Wildman–Crippen MR) is 77.2 cm³/mol. The van der Waals surface area contributed by atoms with Gasteiger partial charge in [-0.25, -0.2) is 4.79 Å². The molecule has 0 spiro atoms. The zero-order chi connectivity index (χ0) is 14.3. The van der Waals surface area contributed by atoms with Gasteiger partial charge in [-0.15, -0.1) is 0 Å². The number of likely N-dealkylation sites (N-methyl/N-ethyl adjacent to an activating group) is 1. The fourth-order valence-corrected chi connectivity index (χ4v) is 2.79. The first kappa shape index (κ1) is 13.1. The van der Waals surface area contributed by atoms with Crippen molar-refractivity contribution >= 4 is 28.5 Å². The van der Waals surface area contributed by atoms with E-state index in [4.69, 9.17) is 21.1 Å². The highest BCUT2D eigenvalue weighted by atomic mass is 35.5. The Kier molecular flexibility index (Phi) is 3.18. The van der Waals surface area contributed by atoms with Gasteiger partial charge in [-0.2, -0.15) is 0 Å². The molecule has 4 nitrogen and oxygen atoms in total. The molecule has 20 heavy (non-hydrogen) atoms. The van der Waals surface area contributed by atoms with Crippen molar-refractivity contribution < 1.29 is 14.3 Å². The lowest BCUT2D eigenvalue weighted by atomic mass is 10.0. The Hall–Kier alpha value is -1.94. The van der Waals surface area contributed by atoms with Crippen molar-refractivity contribution in [3.05, 3.63) is 40.9 Å². The van der Waals surface area contributed by atoms with Crippen LogP contribution in [-0.2, 0) is 11.2 Å². The van der Waals surface area contributed by atoms with Crippen LogP contribution < -0.4 is 4.74 Å². The van der Waals surface area contributed by atoms with Crippen LogP contribution in [0.2, 0.25) is 5.02 Å². The minimum Gasteiger partial charge on any atom is -0.469 e. The smallest absolute Gasteiger partial charge is 0.412 e. The fraction of sp³-hybridized carbons (Fsp3) is 0.267. The van der Waals surface area contributed by atoms with Crippen LogP contribution in [0.5, 0.6) is 5.75 Å². The van der Waals surface area contributed by atoms with Crippen LogP contribution in [0.4, 0.5) is 4.79 Å². The third kappa shape index (κ3) is 1.96. The van der Waals surface area contributed by atoms with Crippen LogP contribution in [0.1, 0.15) is 5.56 Å². The molecule has 0 saturated carbocycles. The number of fused-ring (bicyclic) bond motifs is 3. The molecule has 1 unspecified atom stereocenters. The summed E-state index contributed by atoms with van der Waals surface area (Å²) in [6.45, 7) is 0. The maximum absolute atomic E-state index is 11.6. The van der Waals surface area contributed by atoms with Gasteiger partial charge in [0.05, 0.1) is 7.11 Å². The van der Waals surface area contributed by atoms with Crippen molar-refractivity contribution in [1.82, 2.24) is 4.90 Å². The molecule has 1 aliphatic heterocycles. The predicted octanol–water partition coefficient (Wildman–Crippen LogP) is 3.45. The molecule has 0 bridgehead atoms. The molecule has 0 radical (unpaired) electrons. The summed E-state index contributed by atoms with van der Waals surface area (Å²) in [4.78, 5) is 13.0. The molecule has 0 N–H and O–H groups in total. The summed E-state index contributed by atoms with van der Waals surface area (Å²) >= 11 is 6.30. The number of amides is 1. The van der Waals surface area contributed by atoms with Crippen molar-refractivity contribution in [2.75, 3.05) is 14.2 Å². The van der Waals surface area contributed by atoms with E-state index in [0.29, 0.717) is 11.4 Å². The van der Waals surface area contributed by atoms with Crippen LogP contribution >= 0.6 is 11.6 Å². The first-order valence-electron chi connectivity index (χ1n) is 6.29. The fourth-order valence-electron chi connectivity index (χ4n) is 2.49. The van der Waals surface area contributed by atoms with E-state index < -0.39 is 6.09 Å². The summed E-state index contributed by atoms with van der Waals surface area (Å²) < 4.78 is 10.6. The van der Waals surface area contributed by atoms with Gasteiger partial charge in [0.2, 0.25) is 0 Å². The summed E-state index contributed by atoms with van der Waals surface area (Å²) in [7, 11) is 3.01. The summed E-state index contributed by atoms with van der Waals surface area (Å²) in [6, 6.07) is 9.72. The monoisotopic (exact) mass is 291 g/mol. The highest BCUT2D eigenvalue weighted by Gasteiger charge is 2.31. The molecule has 0 aliphatic carbocycles. The maximum Gasteiger partial charge on any atom is 0.412 e. The van der Waals surface area contributed by atoms with Crippen LogP contribution in [0, 0.1) is 0 Å². The van der Waals surface area contributed by atoms with Gasteiger partial charge in [0.15, 0.2) is 6.23 Å². The largest absolute Gasteiger partial charge is 0.469 e. The first-order valence-corrected chi connectivity index (χ1v) is 6.67. The molecular weight excluding hydrogens is 278 g/mol. The van der Waals surface area contributed by atoms with Crippen molar-refractivity contribution in [1.29, 1.82) is 0 Å². The number of hydrogen-bond donors (Lipinski definition) is 0. The SMILES string of the molecule is COC(=O)N(C)C1Cc2cc(Cl)c3ccccc3c2O1. The van der Waals surface area contributed by atoms with E-state index in [1.54, 1.807) is 7.05 Å². The van der Waals surface area contributed by atoms with Crippen molar-refractivity contribution in [2.24, 2.45) is 0 Å². The highest BCUT2D eigenvalue weighted by molar-refractivity contribution is 6.36. The zero-order valence-electron chi connectivity index (χ0n) is 11.2. The summed E-state index contributed by atoms with van der Waals surface area (Å²) in [5.74, 6) is 0.797. The molecule has 104 valence electrons. The third-order valence-corrected chi connectivity index (χ3v) is 3.88. The zero-order valence-corrected chi connectivity index (χ0v) is 12.0. The molecule has 5 heteroatoms. The summed E-state index contributed by atoms with van der Waals surface area (Å²) in [5, 5.41) is 2.62. The van der Waals surface area contributed by atoms with Gasteiger partial charge in [0.25, 0.3) is 0 Å². The Morgan fingerprint density at radius 1 is 1.40 bits per heavy atom. The number of ether oxygens (including phenoxy) is 2. The number of rotatable bonds is 1. The van der Waals surface area contributed by atoms with Gasteiger partial charge in [-0.05, 0) is 6.07 Å². The number of halogens is 1. The van der Waals surface area contributed by atoms with Crippen LogP contribution in [-0.4, -0.2) is 31.4 Å². The number of carbonyl (C=O) groups excluding carboxylic acids is 1. The first-order chi connectivity index (χ1) is 9.61. The lowest BCUT2D eigenvalue weighted by Gasteiger charge is -2.22. The second-order valence-corrected chi connectivity index (χ2v) is 5.16. The number of nitrogens with zero attached hydrogens (tertiary/aromatic N) is 1. The van der Waals surface area contributed by atoms with Crippen LogP contribution in [0.3, 0.4) is 0 Å². The molecule has 1 aliphatic rings. The number of methoxy groups -OCH3 is 1. The normalized spacial score (nSPS) is 16.6. The van der Waals surface area contributed by atoms with Gasteiger partial charge < -0.3 is 9.47 Å². The molecule has 2 aromatic rings. The molecule has 2 aromatic carbocycles. The van der Waals surface area contributed by atoms with Gasteiger partial charge in [-0.1, -0.05) is 35.9 Å². The Morgan fingerprint density at radius 3 is 2.80 bits per heavy atom. The van der Waals surface area contributed by atoms with Crippen LogP contribution in [0.25, 0.3) is 10.8 Å². The Balaban J connectivity index is 2.02. The van der Waals surface area contributed by atoms with E-state index in [1.165, 1.54) is 12.0 Å². The molecule has 1 amide bonds. The molecule has 0 saturated heterocycles. The van der Waals surface area contributed by atoms with Gasteiger partial charge in [-0.3, -0.25) is 4.90 Å². The second kappa shape index (κ2) is 4.87. The molecule has 3 rings (SSSR count). The average molecular weight is 292 g/mol. The van der Waals surface area contributed by atoms with Crippen molar-refractivity contribution in [3.8, 4) is 5.75 Å². The number of benzene rings is 2. The lowest BCUT2D eigenvalue weighted by molar-refractivity contribution is 0.0515. The molecule has 0 fully saturated rings. The Bertz CT molecular complexity index is 686. The molecule has 1 heterocycles. The Morgan fingerprint density at radius 2 is 2.10 bits per heavy atom. The van der Waals surface area contributed by atoms with E-state index in [1.807, 2.05) is 30.3 Å². The third-order valence-electron chi connectivity index (χ3n) is 3.56. The summed E-state index contributed by atoms with van der Waals surface area (Å²) in [5.41, 5.74) is 1.01. The lowest BCUT2D eigenvalue weighted by Crippen LogP contribution is -2.39. The Labute approximate surface area is 121 Å². The highest BCUT2D eigenvalue weighted by Crippen LogP contribution is 2.40. The topological polar surface area (TPSA) is 38.8 Å². The summed E-state index contributed by atoms with van der Waals surface area (Å²) in [6.07, 6.45) is -0.177. The maximum atomic E-state index is 11.6. The minimum absolute atomic E-state index is 0.362. The minimum atomic E-state index is -0.418. The standard InChI is InChI=1S/C15H14ClNO3/c1-17(15(18)19-2)13-8-9-7-12(16)10-5-3-4-6-11(10)14(9)20-13/h3-7,13H,8H2,1-2H3. The molecule has 0 aromatic heterocycles. The van der Waals surface area contributed by atoms with E-state index in [0.717, 1.165) is 22.1 Å². The molecule has 1 atom stereocenters. The molecular formula is C15H14ClNO3. The number of hydrogen-bond acceptors (Lipinski definition) is 3. The van der Waals surface area contributed by atoms with Gasteiger partial charge in [0, 0.05) is 34.8 Å². The van der Waals surface area contributed by atoms with Gasteiger partial charge in [0.1, 0.15) is 5.75 Å². The van der Waals surface area contributed by atoms with Crippen molar-refractivity contribution in [3.63, 3.8) is 0 Å². The number of carbonyl (C=O) groups is 1. The quantitative estimate of drug-likeness (QED) is 0.808. The van der Waals surface area contributed by atoms with Crippen molar-refractivity contribution in [2.45, 2.75) is 12.6 Å².